The molecule has 30 heavy (non-hydrogen) atoms. The molecule has 2 N–H and O–H groups in total. The number of pyridine rings is 1. The van der Waals surface area contributed by atoms with Crippen molar-refractivity contribution < 1.29 is 9.59 Å². The minimum Gasteiger partial charge on any atom is -0.355 e. The van der Waals surface area contributed by atoms with Gasteiger partial charge < -0.3 is 10.6 Å². The zero-order valence-electron chi connectivity index (χ0n) is 16.0. The highest BCUT2D eigenvalue weighted by Crippen LogP contribution is 2.25. The smallest absolute Gasteiger partial charge is 0.253 e. The van der Waals surface area contributed by atoms with Crippen LogP contribution in [0.15, 0.2) is 41.1 Å². The Morgan fingerprint density at radius 3 is 2.77 bits per heavy atom. The van der Waals surface area contributed by atoms with Gasteiger partial charge in [-0.25, -0.2) is 9.67 Å². The molecule has 0 spiro atoms. The summed E-state index contributed by atoms with van der Waals surface area (Å²) in [5, 5.41) is 19.2. The fourth-order valence-corrected chi connectivity index (χ4v) is 3.53. The maximum atomic E-state index is 12.8. The first-order valence-corrected chi connectivity index (χ1v) is 9.93. The van der Waals surface area contributed by atoms with Crippen molar-refractivity contribution in [2.24, 2.45) is 0 Å². The number of rotatable bonds is 5. The zero-order valence-corrected chi connectivity index (χ0v) is 18.4. The second kappa shape index (κ2) is 9.07. The highest BCUT2D eigenvalue weighted by atomic mass is 79.9. The van der Waals surface area contributed by atoms with Crippen LogP contribution in [0.5, 0.6) is 0 Å². The van der Waals surface area contributed by atoms with Gasteiger partial charge in [0.1, 0.15) is 4.60 Å². The highest BCUT2D eigenvalue weighted by Gasteiger charge is 2.19. The molecule has 3 rings (SSSR count). The van der Waals surface area contributed by atoms with Gasteiger partial charge >= 0.3 is 0 Å². The first-order valence-electron chi connectivity index (χ1n) is 8.76. The summed E-state index contributed by atoms with van der Waals surface area (Å²) in [5.74, 6) is -0.375. The van der Waals surface area contributed by atoms with E-state index in [2.05, 4.69) is 36.6 Å². The molecule has 2 heterocycles. The van der Waals surface area contributed by atoms with Crippen molar-refractivity contribution in [3.63, 3.8) is 0 Å². The number of halogens is 2. The minimum atomic E-state index is -0.404. The summed E-state index contributed by atoms with van der Waals surface area (Å²) in [4.78, 5) is 29.3. The Hall–Kier alpha value is -3.22. The van der Waals surface area contributed by atoms with Gasteiger partial charge in [-0.3, -0.25) is 9.59 Å². The summed E-state index contributed by atoms with van der Waals surface area (Å²) in [6.45, 7) is 1.72. The number of aromatic nitrogens is 3. The molecule has 8 nitrogen and oxygen atoms in total. The topological polar surface area (TPSA) is 113 Å². The van der Waals surface area contributed by atoms with Crippen molar-refractivity contribution in [1.29, 1.82) is 5.26 Å². The first-order chi connectivity index (χ1) is 14.3. The summed E-state index contributed by atoms with van der Waals surface area (Å²) in [5.41, 5.74) is 2.04. The fraction of sp³-hybridized carbons (Fsp3) is 0.150. The van der Waals surface area contributed by atoms with Crippen LogP contribution in [-0.4, -0.2) is 33.6 Å². The number of nitriles is 1. The number of aryl methyl sites for hydroxylation is 1. The van der Waals surface area contributed by atoms with Gasteiger partial charge in [0.15, 0.2) is 5.82 Å². The summed E-state index contributed by atoms with van der Waals surface area (Å²) in [6, 6.07) is 10.1. The van der Waals surface area contributed by atoms with Crippen molar-refractivity contribution in [3.8, 4) is 11.9 Å². The van der Waals surface area contributed by atoms with E-state index in [1.165, 1.54) is 17.8 Å². The monoisotopic (exact) mass is 486 g/mol. The van der Waals surface area contributed by atoms with E-state index < -0.39 is 5.91 Å². The zero-order chi connectivity index (χ0) is 21.8. The van der Waals surface area contributed by atoms with Crippen LogP contribution < -0.4 is 10.6 Å². The molecule has 2 amide bonds. The van der Waals surface area contributed by atoms with Gasteiger partial charge in [0.05, 0.1) is 40.0 Å². The van der Waals surface area contributed by atoms with Gasteiger partial charge in [-0.05, 0) is 58.7 Å². The normalized spacial score (nSPS) is 10.4. The molecular formula is C20H16BrClN6O2. The molecule has 152 valence electrons. The molecule has 0 aliphatic rings. The molecule has 3 aromatic rings. The quantitative estimate of drug-likeness (QED) is 0.573. The van der Waals surface area contributed by atoms with E-state index in [1.807, 2.05) is 6.07 Å². The lowest BCUT2D eigenvalue weighted by atomic mass is 10.0. The Kier molecular flexibility index (Phi) is 6.50. The van der Waals surface area contributed by atoms with Crippen molar-refractivity contribution >= 4 is 45.0 Å². The number of amides is 2. The molecule has 0 saturated heterocycles. The summed E-state index contributed by atoms with van der Waals surface area (Å²) in [6.07, 6.45) is 1.54. The van der Waals surface area contributed by atoms with Crippen LogP contribution in [0.25, 0.3) is 5.82 Å². The number of benzene rings is 1. The van der Waals surface area contributed by atoms with Crippen molar-refractivity contribution in [2.75, 3.05) is 12.4 Å². The van der Waals surface area contributed by atoms with Crippen LogP contribution in [0.2, 0.25) is 5.02 Å². The molecule has 2 aromatic heterocycles. The van der Waals surface area contributed by atoms with Crippen LogP contribution in [0, 0.1) is 18.3 Å². The fourth-order valence-electron chi connectivity index (χ4n) is 2.91. The third-order valence-corrected chi connectivity index (χ3v) is 4.92. The molecule has 10 heteroatoms. The lowest BCUT2D eigenvalue weighted by molar-refractivity contribution is -0.115. The van der Waals surface area contributed by atoms with Gasteiger partial charge in [0.25, 0.3) is 5.91 Å². The van der Waals surface area contributed by atoms with Gasteiger partial charge in [0.2, 0.25) is 5.91 Å². The van der Waals surface area contributed by atoms with E-state index >= 15 is 0 Å². The van der Waals surface area contributed by atoms with E-state index in [-0.39, 0.29) is 17.9 Å². The van der Waals surface area contributed by atoms with Crippen LogP contribution in [0.3, 0.4) is 0 Å². The molecule has 1 aromatic carbocycles. The third kappa shape index (κ3) is 4.50. The summed E-state index contributed by atoms with van der Waals surface area (Å²) < 4.78 is 2.00. The van der Waals surface area contributed by atoms with Gasteiger partial charge in [-0.2, -0.15) is 10.4 Å². The Morgan fingerprint density at radius 1 is 1.33 bits per heavy atom. The number of nitrogens with one attached hydrogen (secondary N) is 2. The second-order valence-electron chi connectivity index (χ2n) is 6.31. The molecule has 0 unspecified atom stereocenters. The van der Waals surface area contributed by atoms with E-state index in [9.17, 15) is 14.9 Å². The Labute approximate surface area is 186 Å². The maximum absolute atomic E-state index is 12.8. The van der Waals surface area contributed by atoms with Crippen LogP contribution in [0.4, 0.5) is 5.69 Å². The number of anilines is 1. The van der Waals surface area contributed by atoms with E-state index in [0.29, 0.717) is 38.0 Å². The van der Waals surface area contributed by atoms with E-state index in [1.54, 1.807) is 37.4 Å². The highest BCUT2D eigenvalue weighted by molar-refractivity contribution is 9.10. The van der Waals surface area contributed by atoms with Crippen molar-refractivity contribution in [2.45, 2.75) is 13.3 Å². The predicted molar refractivity (Wildman–Crippen MR) is 116 cm³/mol. The van der Waals surface area contributed by atoms with E-state index in [4.69, 9.17) is 11.6 Å². The number of nitrogens with zero attached hydrogens (tertiary/aromatic N) is 4. The van der Waals surface area contributed by atoms with Crippen LogP contribution >= 0.6 is 27.5 Å². The van der Waals surface area contributed by atoms with Crippen LogP contribution in [0.1, 0.15) is 27.2 Å². The number of carbonyl (C=O) groups is 2. The maximum Gasteiger partial charge on any atom is 0.253 e. The average molecular weight is 488 g/mol. The van der Waals surface area contributed by atoms with E-state index in [0.717, 1.165) is 0 Å². The summed E-state index contributed by atoms with van der Waals surface area (Å²) >= 11 is 9.53. The molecule has 0 atom stereocenters. The standard InChI is InChI=1S/C20H16BrClN6O2/c1-11-6-12(10-23)7-14(20(30)24-2)18(11)26-17(29)9-13-8-16(21)27-28(13)19-15(22)4-3-5-25-19/h3-8H,9H2,1-2H3,(H,24,30)(H,26,29). The minimum absolute atomic E-state index is 0.0435. The van der Waals surface area contributed by atoms with Crippen molar-refractivity contribution in [1.82, 2.24) is 20.1 Å². The Bertz CT molecular complexity index is 1180. The SMILES string of the molecule is CNC(=O)c1cc(C#N)cc(C)c1NC(=O)Cc1cc(Br)nn1-c1ncccc1Cl. The number of carbonyl (C=O) groups excluding carboxylic acids is 2. The van der Waals surface area contributed by atoms with Gasteiger partial charge in [-0.1, -0.05) is 11.6 Å². The first kappa shape index (κ1) is 21.5. The largest absolute Gasteiger partial charge is 0.355 e. The second-order valence-corrected chi connectivity index (χ2v) is 7.53. The molecule has 0 fully saturated rings. The molecular weight excluding hydrogens is 472 g/mol. The molecule has 0 aliphatic heterocycles. The average Bonchev–Trinajstić information content (AvgIpc) is 3.08. The third-order valence-electron chi connectivity index (χ3n) is 4.24. The molecule has 0 bridgehead atoms. The van der Waals surface area contributed by atoms with Crippen molar-refractivity contribution in [3.05, 3.63) is 68.5 Å². The number of hydrogen-bond acceptors (Lipinski definition) is 5. The lowest BCUT2D eigenvalue weighted by Crippen LogP contribution is -2.23. The Morgan fingerprint density at radius 2 is 2.10 bits per heavy atom. The number of hydrogen-bond donors (Lipinski definition) is 2. The van der Waals surface area contributed by atoms with Crippen LogP contribution in [-0.2, 0) is 11.2 Å². The Balaban J connectivity index is 1.92. The molecule has 0 aliphatic carbocycles. The molecule has 0 radical (unpaired) electrons. The van der Waals surface area contributed by atoms with Gasteiger partial charge in [0, 0.05) is 13.2 Å². The van der Waals surface area contributed by atoms with Gasteiger partial charge in [-0.15, -0.1) is 0 Å². The lowest BCUT2D eigenvalue weighted by Gasteiger charge is -2.14. The predicted octanol–water partition coefficient (Wildman–Crippen LogP) is 3.40. The summed E-state index contributed by atoms with van der Waals surface area (Å²) in [7, 11) is 1.48. The molecule has 0 saturated carbocycles.